The van der Waals surface area contributed by atoms with Gasteiger partial charge in [0.05, 0.1) is 0 Å². The van der Waals surface area contributed by atoms with E-state index in [1.54, 1.807) is 10.9 Å². The normalized spacial score (nSPS) is 15.3. The van der Waals surface area contributed by atoms with Gasteiger partial charge in [0, 0.05) is 64.3 Å². The van der Waals surface area contributed by atoms with Gasteiger partial charge in [-0.1, -0.05) is 13.0 Å². The molecular formula is C18H26N6O. The van der Waals surface area contributed by atoms with E-state index < -0.39 is 0 Å². The monoisotopic (exact) mass is 342 g/mol. The fourth-order valence-corrected chi connectivity index (χ4v) is 2.94. The number of nitrogens with zero attached hydrogens (tertiary/aromatic N) is 5. The minimum absolute atomic E-state index is 0.0234. The van der Waals surface area contributed by atoms with Crippen molar-refractivity contribution in [2.24, 2.45) is 0 Å². The Bertz CT molecular complexity index is 647. The zero-order valence-electron chi connectivity index (χ0n) is 14.8. The van der Waals surface area contributed by atoms with Crippen LogP contribution < -0.4 is 10.2 Å². The number of amides is 1. The largest absolute Gasteiger partial charge is 0.354 e. The van der Waals surface area contributed by atoms with E-state index in [0.717, 1.165) is 44.1 Å². The lowest BCUT2D eigenvalue weighted by atomic mass is 10.2. The number of aromatic nitrogens is 3. The molecule has 1 N–H and O–H groups in total. The van der Waals surface area contributed by atoms with Gasteiger partial charge in [-0.2, -0.15) is 5.10 Å². The lowest BCUT2D eigenvalue weighted by Gasteiger charge is -2.34. The number of rotatable bonds is 7. The Kier molecular flexibility index (Phi) is 6.00. The smallest absolute Gasteiger partial charge is 0.222 e. The Labute approximate surface area is 148 Å². The summed E-state index contributed by atoms with van der Waals surface area (Å²) in [4.78, 5) is 21.2. The summed E-state index contributed by atoms with van der Waals surface area (Å²) in [5, 5.41) is 7.02. The Hall–Kier alpha value is -2.41. The van der Waals surface area contributed by atoms with E-state index in [1.165, 1.54) is 0 Å². The molecule has 0 aromatic carbocycles. The average Bonchev–Trinajstić information content (AvgIpc) is 3.19. The molecule has 3 rings (SSSR count). The van der Waals surface area contributed by atoms with Crippen molar-refractivity contribution in [2.75, 3.05) is 37.6 Å². The second-order valence-corrected chi connectivity index (χ2v) is 6.24. The molecule has 7 heteroatoms. The lowest BCUT2D eigenvalue weighted by molar-refractivity contribution is -0.121. The Morgan fingerprint density at radius 2 is 2.08 bits per heavy atom. The van der Waals surface area contributed by atoms with Gasteiger partial charge in [-0.05, 0) is 24.2 Å². The molecular weight excluding hydrogens is 316 g/mol. The first-order chi connectivity index (χ1) is 12.2. The molecule has 0 unspecified atom stereocenters. The Morgan fingerprint density at radius 1 is 1.24 bits per heavy atom. The van der Waals surface area contributed by atoms with Crippen LogP contribution in [0.15, 0.2) is 36.8 Å². The second kappa shape index (κ2) is 8.62. The van der Waals surface area contributed by atoms with E-state index in [0.29, 0.717) is 19.5 Å². The van der Waals surface area contributed by atoms with Gasteiger partial charge in [0.15, 0.2) is 0 Å². The molecule has 2 aromatic heterocycles. The number of hydrogen-bond donors (Lipinski definition) is 1. The van der Waals surface area contributed by atoms with Gasteiger partial charge in [0.25, 0.3) is 0 Å². The molecule has 1 saturated heterocycles. The first-order valence-corrected chi connectivity index (χ1v) is 8.91. The summed E-state index contributed by atoms with van der Waals surface area (Å²) in [5.41, 5.74) is 1.02. The minimum Gasteiger partial charge on any atom is -0.354 e. The van der Waals surface area contributed by atoms with Crippen molar-refractivity contribution in [2.45, 2.75) is 26.4 Å². The molecule has 0 atom stereocenters. The molecule has 0 bridgehead atoms. The van der Waals surface area contributed by atoms with Crippen LogP contribution in [-0.4, -0.2) is 58.3 Å². The van der Waals surface area contributed by atoms with Crippen LogP contribution in [0.25, 0.3) is 0 Å². The van der Waals surface area contributed by atoms with Gasteiger partial charge in [0.1, 0.15) is 5.82 Å². The van der Waals surface area contributed by atoms with E-state index in [4.69, 9.17) is 0 Å². The van der Waals surface area contributed by atoms with E-state index >= 15 is 0 Å². The van der Waals surface area contributed by atoms with Crippen LogP contribution in [-0.2, 0) is 17.9 Å². The molecule has 1 fully saturated rings. The number of carbonyl (C=O) groups excluding carboxylic acids is 1. The fraction of sp³-hybridized carbons (Fsp3) is 0.500. The standard InChI is InChI=1S/C18H26N6O/c1-2-22-10-12-23(13-11-22)17-5-4-16(14-19-17)15-20-18(25)6-9-24-8-3-7-21-24/h3-5,7-8,14H,2,6,9-13,15H2,1H3,(H,20,25). The number of likely N-dealkylation sites (N-methyl/N-ethyl adjacent to an activating group) is 1. The van der Waals surface area contributed by atoms with E-state index in [2.05, 4.69) is 32.1 Å². The lowest BCUT2D eigenvalue weighted by Crippen LogP contribution is -2.46. The highest BCUT2D eigenvalue weighted by Crippen LogP contribution is 2.14. The molecule has 1 amide bonds. The number of nitrogens with one attached hydrogen (secondary N) is 1. The third-order valence-electron chi connectivity index (χ3n) is 4.57. The number of hydrogen-bond acceptors (Lipinski definition) is 5. The van der Waals surface area contributed by atoms with Crippen LogP contribution in [0.5, 0.6) is 0 Å². The summed E-state index contributed by atoms with van der Waals surface area (Å²) in [6.45, 7) is 8.63. The maximum atomic E-state index is 11.9. The first kappa shape index (κ1) is 17.4. The summed E-state index contributed by atoms with van der Waals surface area (Å²) in [7, 11) is 0. The van der Waals surface area contributed by atoms with Crippen molar-refractivity contribution in [3.63, 3.8) is 0 Å². The summed E-state index contributed by atoms with van der Waals surface area (Å²) < 4.78 is 1.76. The third-order valence-corrected chi connectivity index (χ3v) is 4.57. The molecule has 0 radical (unpaired) electrons. The second-order valence-electron chi connectivity index (χ2n) is 6.24. The van der Waals surface area contributed by atoms with Gasteiger partial charge in [0.2, 0.25) is 5.91 Å². The molecule has 0 spiro atoms. The summed E-state index contributed by atoms with van der Waals surface area (Å²) in [6, 6.07) is 5.95. The van der Waals surface area contributed by atoms with Crippen molar-refractivity contribution in [3.05, 3.63) is 42.4 Å². The average molecular weight is 342 g/mol. The highest BCUT2D eigenvalue weighted by Gasteiger charge is 2.16. The van der Waals surface area contributed by atoms with Gasteiger partial charge < -0.3 is 15.1 Å². The zero-order valence-corrected chi connectivity index (χ0v) is 14.8. The zero-order chi connectivity index (χ0) is 17.5. The van der Waals surface area contributed by atoms with E-state index in [9.17, 15) is 4.79 Å². The molecule has 3 heterocycles. The molecule has 0 saturated carbocycles. The molecule has 2 aromatic rings. The Balaban J connectivity index is 1.42. The van der Waals surface area contributed by atoms with Crippen molar-refractivity contribution in [1.82, 2.24) is 25.0 Å². The third kappa shape index (κ3) is 5.03. The highest BCUT2D eigenvalue weighted by atomic mass is 16.1. The molecule has 134 valence electrons. The van der Waals surface area contributed by atoms with Gasteiger partial charge >= 0.3 is 0 Å². The molecule has 1 aliphatic rings. The molecule has 1 aliphatic heterocycles. The minimum atomic E-state index is 0.0234. The first-order valence-electron chi connectivity index (χ1n) is 8.91. The number of carbonyl (C=O) groups is 1. The summed E-state index contributed by atoms with van der Waals surface area (Å²) >= 11 is 0. The topological polar surface area (TPSA) is 66.3 Å². The van der Waals surface area contributed by atoms with Gasteiger partial charge in [-0.15, -0.1) is 0 Å². The van der Waals surface area contributed by atoms with Crippen molar-refractivity contribution in [3.8, 4) is 0 Å². The van der Waals surface area contributed by atoms with Crippen LogP contribution >= 0.6 is 0 Å². The quantitative estimate of drug-likeness (QED) is 0.817. The van der Waals surface area contributed by atoms with Crippen molar-refractivity contribution in [1.29, 1.82) is 0 Å². The highest BCUT2D eigenvalue weighted by molar-refractivity contribution is 5.75. The summed E-state index contributed by atoms with van der Waals surface area (Å²) in [5.74, 6) is 1.04. The Morgan fingerprint density at radius 3 is 2.72 bits per heavy atom. The van der Waals surface area contributed by atoms with Crippen molar-refractivity contribution < 1.29 is 4.79 Å². The SMILES string of the molecule is CCN1CCN(c2ccc(CNC(=O)CCn3cccn3)cn2)CC1. The van der Waals surface area contributed by atoms with Crippen LogP contribution in [0.4, 0.5) is 5.82 Å². The van der Waals surface area contributed by atoms with Crippen LogP contribution in [0.2, 0.25) is 0 Å². The van der Waals surface area contributed by atoms with Crippen LogP contribution in [0, 0.1) is 0 Å². The molecule has 7 nitrogen and oxygen atoms in total. The number of pyridine rings is 1. The van der Waals surface area contributed by atoms with Crippen molar-refractivity contribution >= 4 is 11.7 Å². The van der Waals surface area contributed by atoms with Crippen LogP contribution in [0.1, 0.15) is 18.9 Å². The van der Waals surface area contributed by atoms with E-state index in [1.807, 2.05) is 30.6 Å². The van der Waals surface area contributed by atoms with Crippen LogP contribution in [0.3, 0.4) is 0 Å². The predicted molar refractivity (Wildman–Crippen MR) is 97.3 cm³/mol. The van der Waals surface area contributed by atoms with Gasteiger partial charge in [-0.25, -0.2) is 4.98 Å². The predicted octanol–water partition coefficient (Wildman–Crippen LogP) is 1.13. The number of anilines is 1. The number of aryl methyl sites for hydroxylation is 1. The van der Waals surface area contributed by atoms with Gasteiger partial charge in [-0.3, -0.25) is 9.48 Å². The fourth-order valence-electron chi connectivity index (χ4n) is 2.94. The maximum absolute atomic E-state index is 11.9. The number of piperazine rings is 1. The molecule has 0 aliphatic carbocycles. The van der Waals surface area contributed by atoms with E-state index in [-0.39, 0.29) is 5.91 Å². The summed E-state index contributed by atoms with van der Waals surface area (Å²) in [6.07, 6.45) is 5.85. The maximum Gasteiger partial charge on any atom is 0.222 e. The molecule has 25 heavy (non-hydrogen) atoms.